The van der Waals surface area contributed by atoms with Gasteiger partial charge in [-0.05, 0) is 45.3 Å². The summed E-state index contributed by atoms with van der Waals surface area (Å²) >= 11 is 0. The van der Waals surface area contributed by atoms with E-state index in [9.17, 15) is 5.11 Å². The van der Waals surface area contributed by atoms with E-state index in [1.54, 1.807) is 0 Å². The van der Waals surface area contributed by atoms with Gasteiger partial charge in [-0.15, -0.1) is 0 Å². The van der Waals surface area contributed by atoms with Gasteiger partial charge in [-0.25, -0.2) is 0 Å². The Balaban J connectivity index is 1.52. The molecule has 0 spiro atoms. The van der Waals surface area contributed by atoms with Crippen molar-refractivity contribution in [3.05, 3.63) is 0 Å². The molecule has 0 bridgehead atoms. The summed E-state index contributed by atoms with van der Waals surface area (Å²) in [6.45, 7) is 7.83. The summed E-state index contributed by atoms with van der Waals surface area (Å²) < 4.78 is 5.33. The van der Waals surface area contributed by atoms with E-state index in [0.717, 1.165) is 19.8 Å². The van der Waals surface area contributed by atoms with Crippen molar-refractivity contribution in [1.82, 2.24) is 9.80 Å². The van der Waals surface area contributed by atoms with E-state index < -0.39 is 0 Å². The van der Waals surface area contributed by atoms with E-state index >= 15 is 0 Å². The van der Waals surface area contributed by atoms with Crippen LogP contribution in [0, 0.1) is 5.41 Å². The Kier molecular flexibility index (Phi) is 4.42. The molecular formula is C15H28N2O2. The molecule has 110 valence electrons. The lowest BCUT2D eigenvalue weighted by Crippen LogP contribution is -2.55. The van der Waals surface area contributed by atoms with Crippen molar-refractivity contribution in [2.24, 2.45) is 5.41 Å². The van der Waals surface area contributed by atoms with Crippen LogP contribution < -0.4 is 0 Å². The van der Waals surface area contributed by atoms with Gasteiger partial charge in [0.15, 0.2) is 0 Å². The standard InChI is InChI=1S/C15H28N2O2/c18-11-15(12-19-13-15)10-17-8-4-5-14(17)9-16-6-2-1-3-7-16/h14,18H,1-13H2. The molecule has 1 unspecified atom stereocenters. The van der Waals surface area contributed by atoms with Gasteiger partial charge in [0, 0.05) is 19.1 Å². The van der Waals surface area contributed by atoms with Crippen molar-refractivity contribution in [2.75, 3.05) is 52.5 Å². The highest BCUT2D eigenvalue weighted by atomic mass is 16.5. The Morgan fingerprint density at radius 1 is 1.05 bits per heavy atom. The van der Waals surface area contributed by atoms with Crippen LogP contribution in [0.4, 0.5) is 0 Å². The van der Waals surface area contributed by atoms with Crippen LogP contribution in [0.25, 0.3) is 0 Å². The maximum Gasteiger partial charge on any atom is 0.0579 e. The molecule has 0 aromatic carbocycles. The summed E-state index contributed by atoms with van der Waals surface area (Å²) in [6.07, 6.45) is 6.82. The first-order chi connectivity index (χ1) is 9.31. The molecule has 3 saturated heterocycles. The molecule has 3 aliphatic rings. The third kappa shape index (κ3) is 3.13. The van der Waals surface area contributed by atoms with Gasteiger partial charge >= 0.3 is 0 Å². The molecule has 4 nitrogen and oxygen atoms in total. The molecule has 0 amide bonds. The summed E-state index contributed by atoms with van der Waals surface area (Å²) in [6, 6.07) is 0.710. The number of hydrogen-bond donors (Lipinski definition) is 1. The molecule has 4 heteroatoms. The predicted molar refractivity (Wildman–Crippen MR) is 75.2 cm³/mol. The number of rotatable bonds is 5. The molecule has 19 heavy (non-hydrogen) atoms. The maximum atomic E-state index is 9.59. The first-order valence-electron chi connectivity index (χ1n) is 7.96. The molecule has 0 aromatic rings. The smallest absolute Gasteiger partial charge is 0.0579 e. The second kappa shape index (κ2) is 6.08. The van der Waals surface area contributed by atoms with Gasteiger partial charge in [0.25, 0.3) is 0 Å². The number of aliphatic hydroxyl groups excluding tert-OH is 1. The van der Waals surface area contributed by atoms with Crippen molar-refractivity contribution < 1.29 is 9.84 Å². The molecule has 0 aromatic heterocycles. The molecular weight excluding hydrogens is 240 g/mol. The fourth-order valence-corrected chi connectivity index (χ4v) is 3.80. The van der Waals surface area contributed by atoms with E-state index in [-0.39, 0.29) is 12.0 Å². The first kappa shape index (κ1) is 13.8. The Hall–Kier alpha value is -0.160. The van der Waals surface area contributed by atoms with E-state index in [1.807, 2.05) is 0 Å². The van der Waals surface area contributed by atoms with Crippen molar-refractivity contribution in [2.45, 2.75) is 38.1 Å². The minimum absolute atomic E-state index is 0.0461. The average Bonchev–Trinajstić information content (AvgIpc) is 2.82. The second-order valence-corrected chi connectivity index (χ2v) is 6.78. The Bertz CT molecular complexity index is 282. The number of ether oxygens (including phenoxy) is 1. The molecule has 3 aliphatic heterocycles. The molecule has 3 fully saturated rings. The van der Waals surface area contributed by atoms with Crippen molar-refractivity contribution in [3.8, 4) is 0 Å². The lowest BCUT2D eigenvalue weighted by atomic mass is 9.86. The topological polar surface area (TPSA) is 35.9 Å². The summed E-state index contributed by atoms with van der Waals surface area (Å²) in [5, 5.41) is 9.59. The third-order valence-electron chi connectivity index (χ3n) is 5.11. The number of likely N-dealkylation sites (tertiary alicyclic amines) is 2. The summed E-state index contributed by atoms with van der Waals surface area (Å²) in [5.41, 5.74) is 0.0461. The minimum Gasteiger partial charge on any atom is -0.396 e. The highest BCUT2D eigenvalue weighted by Gasteiger charge is 2.42. The second-order valence-electron chi connectivity index (χ2n) is 6.78. The molecule has 0 saturated carbocycles. The summed E-state index contributed by atoms with van der Waals surface area (Å²) in [4.78, 5) is 5.27. The molecule has 3 rings (SSSR count). The van der Waals surface area contributed by atoms with Crippen LogP contribution in [0.1, 0.15) is 32.1 Å². The van der Waals surface area contributed by atoms with Gasteiger partial charge in [-0.1, -0.05) is 6.42 Å². The average molecular weight is 268 g/mol. The van der Waals surface area contributed by atoms with Crippen LogP contribution in [0.2, 0.25) is 0 Å². The molecule has 0 radical (unpaired) electrons. The van der Waals surface area contributed by atoms with Crippen LogP contribution >= 0.6 is 0 Å². The van der Waals surface area contributed by atoms with E-state index in [0.29, 0.717) is 6.04 Å². The fourth-order valence-electron chi connectivity index (χ4n) is 3.80. The lowest BCUT2D eigenvalue weighted by Gasteiger charge is -2.44. The van der Waals surface area contributed by atoms with Crippen molar-refractivity contribution in [3.63, 3.8) is 0 Å². The van der Waals surface area contributed by atoms with E-state index in [1.165, 1.54) is 58.3 Å². The van der Waals surface area contributed by atoms with Gasteiger partial charge in [-0.2, -0.15) is 0 Å². The first-order valence-corrected chi connectivity index (χ1v) is 7.96. The third-order valence-corrected chi connectivity index (χ3v) is 5.11. The Morgan fingerprint density at radius 3 is 2.47 bits per heavy atom. The van der Waals surface area contributed by atoms with Crippen LogP contribution in [0.15, 0.2) is 0 Å². The lowest BCUT2D eigenvalue weighted by molar-refractivity contribution is -0.149. The van der Waals surface area contributed by atoms with E-state index in [2.05, 4.69) is 9.80 Å². The highest BCUT2D eigenvalue weighted by molar-refractivity contribution is 4.92. The summed E-state index contributed by atoms with van der Waals surface area (Å²) in [5.74, 6) is 0. The minimum atomic E-state index is 0.0461. The molecule has 1 atom stereocenters. The molecule has 1 N–H and O–H groups in total. The Morgan fingerprint density at radius 2 is 1.84 bits per heavy atom. The predicted octanol–water partition coefficient (Wildman–Crippen LogP) is 0.946. The van der Waals surface area contributed by atoms with Crippen LogP contribution in [0.3, 0.4) is 0 Å². The quantitative estimate of drug-likeness (QED) is 0.805. The van der Waals surface area contributed by atoms with Crippen LogP contribution in [-0.2, 0) is 4.74 Å². The van der Waals surface area contributed by atoms with Gasteiger partial charge in [0.2, 0.25) is 0 Å². The monoisotopic (exact) mass is 268 g/mol. The zero-order valence-electron chi connectivity index (χ0n) is 12.0. The normalized spacial score (nSPS) is 32.4. The van der Waals surface area contributed by atoms with Gasteiger partial charge < -0.3 is 14.7 Å². The molecule has 3 heterocycles. The zero-order chi connectivity index (χ0) is 13.1. The Labute approximate surface area is 116 Å². The van der Waals surface area contributed by atoms with Crippen molar-refractivity contribution in [1.29, 1.82) is 0 Å². The van der Waals surface area contributed by atoms with Gasteiger partial charge in [-0.3, -0.25) is 4.90 Å². The van der Waals surface area contributed by atoms with Crippen LogP contribution in [0.5, 0.6) is 0 Å². The van der Waals surface area contributed by atoms with Crippen LogP contribution in [-0.4, -0.2) is 73.5 Å². The van der Waals surface area contributed by atoms with E-state index in [4.69, 9.17) is 4.74 Å². The van der Waals surface area contributed by atoms with Crippen molar-refractivity contribution >= 4 is 0 Å². The number of piperidine rings is 1. The largest absolute Gasteiger partial charge is 0.396 e. The number of hydrogen-bond acceptors (Lipinski definition) is 4. The number of aliphatic hydroxyl groups is 1. The highest BCUT2D eigenvalue weighted by Crippen LogP contribution is 2.31. The number of nitrogens with zero attached hydrogens (tertiary/aromatic N) is 2. The van der Waals surface area contributed by atoms with Gasteiger partial charge in [0.1, 0.15) is 0 Å². The molecule has 0 aliphatic carbocycles. The fraction of sp³-hybridized carbons (Fsp3) is 1.00. The zero-order valence-corrected chi connectivity index (χ0v) is 12.0. The maximum absolute atomic E-state index is 9.59. The van der Waals surface area contributed by atoms with Gasteiger partial charge in [0.05, 0.1) is 25.2 Å². The SMILES string of the molecule is OCC1(CN2CCCC2CN2CCCCC2)COC1. The summed E-state index contributed by atoms with van der Waals surface area (Å²) in [7, 11) is 0.